The van der Waals surface area contributed by atoms with E-state index in [-0.39, 0.29) is 12.5 Å². The van der Waals surface area contributed by atoms with Crippen LogP contribution in [0.1, 0.15) is 25.5 Å². The molecule has 8 nitrogen and oxygen atoms in total. The third kappa shape index (κ3) is 4.92. The molecule has 1 heterocycles. The molecule has 1 unspecified atom stereocenters. The van der Waals surface area contributed by atoms with Crippen molar-refractivity contribution in [3.8, 4) is 11.5 Å². The van der Waals surface area contributed by atoms with Gasteiger partial charge in [-0.05, 0) is 43.8 Å². The molecular formula is C19H25N3O5S. The summed E-state index contributed by atoms with van der Waals surface area (Å²) in [6.45, 7) is 3.93. The zero-order valence-electron chi connectivity index (χ0n) is 16.6. The Morgan fingerprint density at radius 3 is 2.54 bits per heavy atom. The van der Waals surface area contributed by atoms with Gasteiger partial charge in [-0.2, -0.15) is 0 Å². The summed E-state index contributed by atoms with van der Waals surface area (Å²) in [5.74, 6) is 0.292. The minimum atomic E-state index is -0.502. The van der Waals surface area contributed by atoms with Gasteiger partial charge in [0.1, 0.15) is 0 Å². The molecule has 0 radical (unpaired) electrons. The largest absolute Gasteiger partial charge is 0.490 e. The van der Waals surface area contributed by atoms with Gasteiger partial charge in [0.25, 0.3) is 5.91 Å². The Labute approximate surface area is 169 Å². The number of carbonyl (C=O) groups excluding carboxylic acids is 2. The fraction of sp³-hybridized carbons (Fsp3) is 0.421. The van der Waals surface area contributed by atoms with Gasteiger partial charge in [0, 0.05) is 19.8 Å². The number of hydrogen-bond donors (Lipinski definition) is 2. The Balaban J connectivity index is 2.38. The lowest BCUT2D eigenvalue weighted by Gasteiger charge is -2.30. The maximum absolute atomic E-state index is 12.3. The fourth-order valence-electron chi connectivity index (χ4n) is 2.68. The number of likely N-dealkylation sites (N-methyl/N-ethyl adjacent to an activating group) is 1. The van der Waals surface area contributed by atoms with Crippen molar-refractivity contribution in [1.82, 2.24) is 15.5 Å². The minimum absolute atomic E-state index is 0.103. The second kappa shape index (κ2) is 9.41. The highest BCUT2D eigenvalue weighted by atomic mass is 32.1. The number of nitrogens with one attached hydrogen (secondary N) is 2. The minimum Gasteiger partial charge on any atom is -0.490 e. The van der Waals surface area contributed by atoms with E-state index in [4.69, 9.17) is 26.4 Å². The summed E-state index contributed by atoms with van der Waals surface area (Å²) in [5.41, 5.74) is 1.80. The van der Waals surface area contributed by atoms with Gasteiger partial charge >= 0.3 is 5.97 Å². The molecule has 9 heteroatoms. The lowest BCUT2D eigenvalue weighted by molar-refractivity contribution is -0.136. The topological polar surface area (TPSA) is 89.1 Å². The van der Waals surface area contributed by atoms with Crippen LogP contribution in [0.5, 0.6) is 11.5 Å². The van der Waals surface area contributed by atoms with Crippen molar-refractivity contribution in [2.75, 3.05) is 34.4 Å². The van der Waals surface area contributed by atoms with Crippen LogP contribution in [0.4, 0.5) is 0 Å². The van der Waals surface area contributed by atoms with E-state index in [2.05, 4.69) is 10.6 Å². The van der Waals surface area contributed by atoms with Crippen LogP contribution < -0.4 is 20.1 Å². The Morgan fingerprint density at radius 2 is 1.93 bits per heavy atom. The molecule has 0 aromatic heterocycles. The Bertz CT molecular complexity index is 807. The Kier molecular flexibility index (Phi) is 7.22. The first kappa shape index (κ1) is 21.5. The summed E-state index contributed by atoms with van der Waals surface area (Å²) < 4.78 is 16.2. The SMILES string of the molecule is CCOc1cc(C2NC(=S)NC(C)=C2C(=O)OC)ccc1OCC(=O)N(C)C. The zero-order chi connectivity index (χ0) is 20.8. The number of hydrogen-bond acceptors (Lipinski definition) is 6. The average molecular weight is 407 g/mol. The van der Waals surface area contributed by atoms with E-state index in [1.807, 2.05) is 6.92 Å². The van der Waals surface area contributed by atoms with Crippen LogP contribution in [-0.4, -0.2) is 56.3 Å². The van der Waals surface area contributed by atoms with Crippen LogP contribution in [-0.2, 0) is 14.3 Å². The number of esters is 1. The number of allylic oxidation sites excluding steroid dienone is 1. The summed E-state index contributed by atoms with van der Waals surface area (Å²) in [4.78, 5) is 25.5. The maximum Gasteiger partial charge on any atom is 0.337 e. The first-order valence-electron chi connectivity index (χ1n) is 8.74. The van der Waals surface area contributed by atoms with Gasteiger partial charge in [0.15, 0.2) is 23.2 Å². The molecule has 0 aliphatic carbocycles. The van der Waals surface area contributed by atoms with E-state index in [1.165, 1.54) is 12.0 Å². The number of benzene rings is 1. The van der Waals surface area contributed by atoms with Crippen LogP contribution in [0, 0.1) is 0 Å². The number of ether oxygens (including phenoxy) is 3. The van der Waals surface area contributed by atoms with Crippen LogP contribution >= 0.6 is 12.2 Å². The lowest BCUT2D eigenvalue weighted by Crippen LogP contribution is -2.45. The molecule has 1 amide bonds. The van der Waals surface area contributed by atoms with Gasteiger partial charge in [-0.15, -0.1) is 0 Å². The summed E-state index contributed by atoms with van der Waals surface area (Å²) in [5, 5.41) is 6.43. The predicted octanol–water partition coefficient (Wildman–Crippen LogP) is 1.52. The number of nitrogens with zero attached hydrogens (tertiary/aromatic N) is 1. The molecule has 0 spiro atoms. The van der Waals surface area contributed by atoms with E-state index in [0.717, 1.165) is 5.56 Å². The highest BCUT2D eigenvalue weighted by Crippen LogP contribution is 2.34. The molecular weight excluding hydrogens is 382 g/mol. The highest BCUT2D eigenvalue weighted by molar-refractivity contribution is 7.80. The van der Waals surface area contributed by atoms with E-state index in [0.29, 0.717) is 34.5 Å². The second-order valence-electron chi connectivity index (χ2n) is 6.28. The van der Waals surface area contributed by atoms with Gasteiger partial charge in [0.05, 0.1) is 25.3 Å². The van der Waals surface area contributed by atoms with Gasteiger partial charge in [-0.25, -0.2) is 4.79 Å². The molecule has 1 atom stereocenters. The summed E-state index contributed by atoms with van der Waals surface area (Å²) >= 11 is 5.23. The number of methoxy groups -OCH3 is 1. The van der Waals surface area contributed by atoms with Crippen molar-refractivity contribution in [2.24, 2.45) is 0 Å². The molecule has 2 N–H and O–H groups in total. The Hall–Kier alpha value is -2.81. The smallest absolute Gasteiger partial charge is 0.337 e. The van der Waals surface area contributed by atoms with E-state index >= 15 is 0 Å². The molecule has 1 aromatic carbocycles. The molecule has 1 aliphatic heterocycles. The monoisotopic (exact) mass is 407 g/mol. The third-order valence-corrected chi connectivity index (χ3v) is 4.35. The molecule has 0 fully saturated rings. The molecule has 2 rings (SSSR count). The first-order valence-corrected chi connectivity index (χ1v) is 9.15. The van der Waals surface area contributed by atoms with Crippen LogP contribution in [0.3, 0.4) is 0 Å². The quantitative estimate of drug-likeness (QED) is 0.520. The molecule has 28 heavy (non-hydrogen) atoms. The van der Waals surface area contributed by atoms with Crippen molar-refractivity contribution in [2.45, 2.75) is 19.9 Å². The Morgan fingerprint density at radius 1 is 1.21 bits per heavy atom. The second-order valence-corrected chi connectivity index (χ2v) is 6.69. The van der Waals surface area contributed by atoms with E-state index in [9.17, 15) is 9.59 Å². The fourth-order valence-corrected chi connectivity index (χ4v) is 2.96. The van der Waals surface area contributed by atoms with Crippen molar-refractivity contribution in [3.63, 3.8) is 0 Å². The highest BCUT2D eigenvalue weighted by Gasteiger charge is 2.31. The van der Waals surface area contributed by atoms with Crippen LogP contribution in [0.2, 0.25) is 0 Å². The summed E-state index contributed by atoms with van der Waals surface area (Å²) in [7, 11) is 4.65. The van der Waals surface area contributed by atoms with Gasteiger partial charge in [-0.1, -0.05) is 6.07 Å². The number of amides is 1. The predicted molar refractivity (Wildman–Crippen MR) is 108 cm³/mol. The average Bonchev–Trinajstić information content (AvgIpc) is 2.65. The molecule has 1 aliphatic rings. The van der Waals surface area contributed by atoms with Gasteiger partial charge < -0.3 is 29.7 Å². The van der Waals surface area contributed by atoms with Gasteiger partial charge in [-0.3, -0.25) is 4.79 Å². The summed E-state index contributed by atoms with van der Waals surface area (Å²) in [6.07, 6.45) is 0. The zero-order valence-corrected chi connectivity index (χ0v) is 17.4. The van der Waals surface area contributed by atoms with Crippen molar-refractivity contribution >= 4 is 29.2 Å². The molecule has 0 saturated carbocycles. The first-order chi connectivity index (χ1) is 13.3. The summed E-state index contributed by atoms with van der Waals surface area (Å²) in [6, 6.07) is 4.76. The molecule has 152 valence electrons. The lowest BCUT2D eigenvalue weighted by atomic mass is 9.95. The normalized spacial score (nSPS) is 16.0. The number of thiocarbonyl (C=S) groups is 1. The number of carbonyl (C=O) groups is 2. The van der Waals surface area contributed by atoms with E-state index < -0.39 is 12.0 Å². The third-order valence-electron chi connectivity index (χ3n) is 4.13. The van der Waals surface area contributed by atoms with Crippen molar-refractivity contribution < 1.29 is 23.8 Å². The standard InChI is InChI=1S/C19H25N3O5S/c1-6-26-14-9-12(7-8-13(14)27-10-15(23)22(3)4)17-16(18(24)25-5)11(2)20-19(28)21-17/h7-9,17H,6,10H2,1-5H3,(H2,20,21,28). The molecule has 0 bridgehead atoms. The van der Waals surface area contributed by atoms with Crippen molar-refractivity contribution in [3.05, 3.63) is 35.0 Å². The van der Waals surface area contributed by atoms with Crippen LogP contribution in [0.25, 0.3) is 0 Å². The molecule has 0 saturated heterocycles. The van der Waals surface area contributed by atoms with Crippen molar-refractivity contribution in [1.29, 1.82) is 0 Å². The maximum atomic E-state index is 12.3. The number of rotatable bonds is 7. The molecule has 1 aromatic rings. The van der Waals surface area contributed by atoms with E-state index in [1.54, 1.807) is 39.2 Å². The van der Waals surface area contributed by atoms with Crippen LogP contribution in [0.15, 0.2) is 29.5 Å². The van der Waals surface area contributed by atoms with Gasteiger partial charge in [0.2, 0.25) is 0 Å².